The van der Waals surface area contributed by atoms with E-state index in [0.29, 0.717) is 17.0 Å². The van der Waals surface area contributed by atoms with Crippen LogP contribution in [0.15, 0.2) is 40.8 Å². The molecular formula is C18H19N3O4. The van der Waals surface area contributed by atoms with Gasteiger partial charge in [0, 0.05) is 7.05 Å². The van der Waals surface area contributed by atoms with Gasteiger partial charge in [0.1, 0.15) is 24.6 Å². The number of amides is 3. The number of rotatable bonds is 4. The number of carbonyl (C=O) groups is 3. The number of nitrogens with one attached hydrogen (secondary N) is 1. The van der Waals surface area contributed by atoms with Crippen molar-refractivity contribution in [3.05, 3.63) is 53.5 Å². The number of benzene rings is 1. The van der Waals surface area contributed by atoms with Gasteiger partial charge in [-0.15, -0.1) is 0 Å². The average Bonchev–Trinajstić information content (AvgIpc) is 2.99. The van der Waals surface area contributed by atoms with Gasteiger partial charge in [-0.05, 0) is 31.2 Å². The molecule has 1 aromatic heterocycles. The largest absolute Gasteiger partial charge is 0.465 e. The van der Waals surface area contributed by atoms with E-state index in [4.69, 9.17) is 4.42 Å². The zero-order chi connectivity index (χ0) is 18.0. The molecule has 3 amide bonds. The first kappa shape index (κ1) is 16.8. The third kappa shape index (κ3) is 3.55. The summed E-state index contributed by atoms with van der Waals surface area (Å²) in [5.41, 5.74) is 0.858. The Balaban J connectivity index is 1.76. The van der Waals surface area contributed by atoms with Gasteiger partial charge in [-0.3, -0.25) is 14.4 Å². The average molecular weight is 341 g/mol. The van der Waals surface area contributed by atoms with Crippen molar-refractivity contribution in [3.63, 3.8) is 0 Å². The van der Waals surface area contributed by atoms with Gasteiger partial charge in [0.15, 0.2) is 0 Å². The predicted octanol–water partition coefficient (Wildman–Crippen LogP) is 1.32. The Morgan fingerprint density at radius 3 is 2.68 bits per heavy atom. The minimum Gasteiger partial charge on any atom is -0.465 e. The molecule has 1 aliphatic rings. The zero-order valence-corrected chi connectivity index (χ0v) is 14.1. The van der Waals surface area contributed by atoms with Crippen molar-refractivity contribution in [2.24, 2.45) is 0 Å². The van der Waals surface area contributed by atoms with Crippen LogP contribution in [0.5, 0.6) is 0 Å². The minimum atomic E-state index is -0.325. The molecule has 0 fully saturated rings. The van der Waals surface area contributed by atoms with Gasteiger partial charge in [-0.1, -0.05) is 12.1 Å². The van der Waals surface area contributed by atoms with Crippen LogP contribution in [0.3, 0.4) is 0 Å². The molecule has 7 nitrogen and oxygen atoms in total. The Hall–Kier alpha value is -3.09. The minimum absolute atomic E-state index is 0.0713. The predicted molar refractivity (Wildman–Crippen MR) is 91.0 cm³/mol. The maximum Gasteiger partial charge on any atom is 0.256 e. The van der Waals surface area contributed by atoms with Crippen molar-refractivity contribution in [1.29, 1.82) is 0 Å². The summed E-state index contributed by atoms with van der Waals surface area (Å²) in [4.78, 5) is 39.8. The molecule has 0 saturated carbocycles. The fraction of sp³-hybridized carbons (Fsp3) is 0.278. The molecule has 0 unspecified atom stereocenters. The molecule has 7 heteroatoms. The molecule has 25 heavy (non-hydrogen) atoms. The number of nitrogens with zero attached hydrogens (tertiary/aromatic N) is 2. The van der Waals surface area contributed by atoms with Crippen LogP contribution in [-0.4, -0.2) is 42.8 Å². The van der Waals surface area contributed by atoms with E-state index in [1.807, 2.05) is 13.0 Å². The van der Waals surface area contributed by atoms with E-state index in [0.717, 1.165) is 5.76 Å². The van der Waals surface area contributed by atoms with Gasteiger partial charge in [-0.2, -0.15) is 0 Å². The number of aryl methyl sites for hydroxylation is 1. The number of anilines is 1. The second kappa shape index (κ2) is 6.80. The van der Waals surface area contributed by atoms with E-state index < -0.39 is 0 Å². The van der Waals surface area contributed by atoms with Gasteiger partial charge >= 0.3 is 0 Å². The third-order valence-corrected chi connectivity index (χ3v) is 4.00. The highest BCUT2D eigenvalue weighted by molar-refractivity contribution is 6.11. The number of likely N-dealkylation sites (N-methyl/N-ethyl adjacent to an activating group) is 1. The summed E-state index contributed by atoms with van der Waals surface area (Å²) in [6, 6.07) is 10.4. The van der Waals surface area contributed by atoms with Crippen molar-refractivity contribution in [2.75, 3.05) is 25.0 Å². The van der Waals surface area contributed by atoms with Crippen molar-refractivity contribution >= 4 is 23.4 Å². The summed E-state index contributed by atoms with van der Waals surface area (Å²) in [6.45, 7) is 1.84. The number of hydrogen-bond acceptors (Lipinski definition) is 4. The molecule has 2 heterocycles. The second-order valence-corrected chi connectivity index (χ2v) is 5.95. The molecule has 1 aliphatic heterocycles. The summed E-state index contributed by atoms with van der Waals surface area (Å²) in [5, 5.41) is 2.73. The van der Waals surface area contributed by atoms with Crippen LogP contribution < -0.4 is 10.2 Å². The van der Waals surface area contributed by atoms with E-state index in [1.165, 1.54) is 9.80 Å². The number of fused-ring (bicyclic) bond motifs is 1. The van der Waals surface area contributed by atoms with Gasteiger partial charge in [0.05, 0.1) is 17.8 Å². The number of furan rings is 1. The van der Waals surface area contributed by atoms with Crippen molar-refractivity contribution in [1.82, 2.24) is 10.2 Å². The Bertz CT molecular complexity index is 827. The van der Waals surface area contributed by atoms with Crippen LogP contribution in [0.1, 0.15) is 21.9 Å². The van der Waals surface area contributed by atoms with Crippen LogP contribution in [0, 0.1) is 6.92 Å². The molecule has 0 aliphatic carbocycles. The van der Waals surface area contributed by atoms with Gasteiger partial charge in [-0.25, -0.2) is 0 Å². The van der Waals surface area contributed by atoms with Crippen LogP contribution in [0.25, 0.3) is 0 Å². The standard InChI is InChI=1S/C18H19N3O4/c1-12-7-8-13(25-12)9-19-16(22)10-21-15-6-4-3-5-14(15)18(24)20(2)11-17(21)23/h3-8H,9-11H2,1-2H3,(H,19,22). The summed E-state index contributed by atoms with van der Waals surface area (Å²) >= 11 is 0. The lowest BCUT2D eigenvalue weighted by Crippen LogP contribution is -2.43. The van der Waals surface area contributed by atoms with E-state index in [-0.39, 0.29) is 37.4 Å². The normalized spacial score (nSPS) is 14.3. The number of hydrogen-bond donors (Lipinski definition) is 1. The topological polar surface area (TPSA) is 82.9 Å². The molecule has 1 aromatic carbocycles. The van der Waals surface area contributed by atoms with Crippen LogP contribution in [-0.2, 0) is 16.1 Å². The van der Waals surface area contributed by atoms with Crippen molar-refractivity contribution < 1.29 is 18.8 Å². The van der Waals surface area contributed by atoms with Gasteiger partial charge in [0.25, 0.3) is 5.91 Å². The molecule has 0 saturated heterocycles. The molecule has 2 aromatic rings. The Labute approximate surface area is 145 Å². The molecular weight excluding hydrogens is 322 g/mol. The summed E-state index contributed by atoms with van der Waals surface area (Å²) in [7, 11) is 1.57. The first-order chi connectivity index (χ1) is 12.0. The van der Waals surface area contributed by atoms with E-state index in [2.05, 4.69) is 5.32 Å². The van der Waals surface area contributed by atoms with E-state index >= 15 is 0 Å². The molecule has 1 N–H and O–H groups in total. The first-order valence-electron chi connectivity index (χ1n) is 7.92. The monoisotopic (exact) mass is 341 g/mol. The lowest BCUT2D eigenvalue weighted by Gasteiger charge is -2.21. The third-order valence-electron chi connectivity index (χ3n) is 4.00. The van der Waals surface area contributed by atoms with Crippen LogP contribution in [0.2, 0.25) is 0 Å². The SMILES string of the molecule is Cc1ccc(CNC(=O)CN2C(=O)CN(C)C(=O)c3ccccc32)o1. The fourth-order valence-electron chi connectivity index (χ4n) is 2.73. The van der Waals surface area contributed by atoms with E-state index in [9.17, 15) is 14.4 Å². The molecule has 0 radical (unpaired) electrons. The Kier molecular flexibility index (Phi) is 4.56. The fourth-order valence-corrected chi connectivity index (χ4v) is 2.73. The lowest BCUT2D eigenvalue weighted by molar-refractivity contribution is -0.124. The zero-order valence-electron chi connectivity index (χ0n) is 14.1. The molecule has 0 atom stereocenters. The van der Waals surface area contributed by atoms with Crippen LogP contribution in [0.4, 0.5) is 5.69 Å². The first-order valence-corrected chi connectivity index (χ1v) is 7.92. The second-order valence-electron chi connectivity index (χ2n) is 5.95. The Morgan fingerprint density at radius 2 is 1.96 bits per heavy atom. The van der Waals surface area contributed by atoms with Crippen molar-refractivity contribution in [3.8, 4) is 0 Å². The Morgan fingerprint density at radius 1 is 1.20 bits per heavy atom. The highest BCUT2D eigenvalue weighted by Gasteiger charge is 2.30. The number of carbonyl (C=O) groups excluding carboxylic acids is 3. The van der Waals surface area contributed by atoms with Crippen molar-refractivity contribution in [2.45, 2.75) is 13.5 Å². The summed E-state index contributed by atoms with van der Waals surface area (Å²) in [6.07, 6.45) is 0. The maximum atomic E-state index is 12.5. The summed E-state index contributed by atoms with van der Waals surface area (Å²) in [5.74, 6) is 0.544. The molecule has 3 rings (SSSR count). The highest BCUT2D eigenvalue weighted by Crippen LogP contribution is 2.24. The van der Waals surface area contributed by atoms with E-state index in [1.54, 1.807) is 37.4 Å². The van der Waals surface area contributed by atoms with Gasteiger partial charge < -0.3 is 19.5 Å². The highest BCUT2D eigenvalue weighted by atomic mass is 16.3. The number of para-hydroxylation sites is 1. The quantitative estimate of drug-likeness (QED) is 0.909. The molecule has 0 spiro atoms. The lowest BCUT2D eigenvalue weighted by atomic mass is 10.1. The van der Waals surface area contributed by atoms with Gasteiger partial charge in [0.2, 0.25) is 11.8 Å². The molecule has 0 bridgehead atoms. The summed E-state index contributed by atoms with van der Waals surface area (Å²) < 4.78 is 5.40. The maximum absolute atomic E-state index is 12.5. The van der Waals surface area contributed by atoms with Crippen LogP contribution >= 0.6 is 0 Å². The smallest absolute Gasteiger partial charge is 0.256 e. The molecule has 130 valence electrons.